The van der Waals surface area contributed by atoms with Gasteiger partial charge in [-0.3, -0.25) is 9.59 Å². The van der Waals surface area contributed by atoms with Gasteiger partial charge in [-0.15, -0.1) is 11.6 Å². The number of halogens is 1. The van der Waals surface area contributed by atoms with Crippen molar-refractivity contribution in [2.45, 2.75) is 12.3 Å². The lowest BCUT2D eigenvalue weighted by molar-refractivity contribution is -0.123. The van der Waals surface area contributed by atoms with Crippen molar-refractivity contribution in [1.29, 1.82) is 0 Å². The van der Waals surface area contributed by atoms with Gasteiger partial charge >= 0.3 is 0 Å². The highest BCUT2D eigenvalue weighted by atomic mass is 35.5. The summed E-state index contributed by atoms with van der Waals surface area (Å²) in [6, 6.07) is 5.15. The van der Waals surface area contributed by atoms with E-state index in [4.69, 9.17) is 11.6 Å². The van der Waals surface area contributed by atoms with Crippen LogP contribution in [-0.2, 0) is 9.59 Å². The maximum atomic E-state index is 11.3. The third kappa shape index (κ3) is 4.27. The minimum atomic E-state index is -0.650. The molecule has 0 radical (unpaired) electrons. The number of alkyl halides is 1. The molecule has 5 nitrogen and oxygen atoms in total. The first-order valence-corrected chi connectivity index (χ1v) is 5.16. The van der Waals surface area contributed by atoms with Gasteiger partial charge in [0, 0.05) is 6.20 Å². The summed E-state index contributed by atoms with van der Waals surface area (Å²) in [5, 5.41) is 4.27. The molecule has 0 saturated carbocycles. The van der Waals surface area contributed by atoms with Gasteiger partial charge in [-0.2, -0.15) is 0 Å². The quantitative estimate of drug-likeness (QED) is 0.765. The molecular weight excluding hydrogens is 230 g/mol. The molecule has 0 saturated heterocycles. The average Bonchev–Trinajstić information content (AvgIpc) is 2.27. The topological polar surface area (TPSA) is 71.1 Å². The fourth-order valence-corrected chi connectivity index (χ4v) is 1.01. The van der Waals surface area contributed by atoms with E-state index in [1.165, 1.54) is 6.92 Å². The molecule has 0 spiro atoms. The summed E-state index contributed by atoms with van der Waals surface area (Å²) in [5.74, 6) is -0.275. The molecule has 1 rings (SSSR count). The van der Waals surface area contributed by atoms with Gasteiger partial charge in [0.1, 0.15) is 11.2 Å². The van der Waals surface area contributed by atoms with Gasteiger partial charge in [-0.25, -0.2) is 4.98 Å². The summed E-state index contributed by atoms with van der Waals surface area (Å²) in [6.45, 7) is 1.42. The van der Waals surface area contributed by atoms with E-state index >= 15 is 0 Å². The zero-order chi connectivity index (χ0) is 12.0. The van der Waals surface area contributed by atoms with E-state index in [-0.39, 0.29) is 18.4 Å². The maximum Gasteiger partial charge on any atom is 0.244 e. The molecule has 1 unspecified atom stereocenters. The number of carbonyl (C=O) groups is 2. The lowest BCUT2D eigenvalue weighted by Crippen LogP contribution is -2.36. The van der Waals surface area contributed by atoms with Crippen LogP contribution in [0.5, 0.6) is 0 Å². The standard InChI is InChI=1S/C10H12ClN3O2/c1-7(11)10(16)13-6-9(15)14-8-4-2-3-5-12-8/h2-5,7H,6H2,1H3,(H,13,16)(H,12,14,15). The maximum absolute atomic E-state index is 11.3. The van der Waals surface area contributed by atoms with E-state index in [2.05, 4.69) is 15.6 Å². The predicted octanol–water partition coefficient (Wildman–Crippen LogP) is 0.764. The second-order valence-corrected chi connectivity index (χ2v) is 3.75. The van der Waals surface area contributed by atoms with Crippen LogP contribution in [0.2, 0.25) is 0 Å². The lowest BCUT2D eigenvalue weighted by atomic mass is 10.4. The van der Waals surface area contributed by atoms with E-state index in [0.29, 0.717) is 5.82 Å². The number of aromatic nitrogens is 1. The Morgan fingerprint density at radius 2 is 2.25 bits per heavy atom. The second-order valence-electron chi connectivity index (χ2n) is 3.10. The number of pyridine rings is 1. The van der Waals surface area contributed by atoms with Crippen molar-refractivity contribution in [3.63, 3.8) is 0 Å². The van der Waals surface area contributed by atoms with E-state index < -0.39 is 5.38 Å². The van der Waals surface area contributed by atoms with Crippen LogP contribution in [0, 0.1) is 0 Å². The van der Waals surface area contributed by atoms with Crippen molar-refractivity contribution in [2.75, 3.05) is 11.9 Å². The summed E-state index contributed by atoms with van der Waals surface area (Å²) in [5.41, 5.74) is 0. The third-order valence-electron chi connectivity index (χ3n) is 1.72. The van der Waals surface area contributed by atoms with Gasteiger partial charge in [-0.05, 0) is 19.1 Å². The number of nitrogens with zero attached hydrogens (tertiary/aromatic N) is 1. The summed E-state index contributed by atoms with van der Waals surface area (Å²) in [4.78, 5) is 26.3. The highest BCUT2D eigenvalue weighted by molar-refractivity contribution is 6.30. The monoisotopic (exact) mass is 241 g/mol. The lowest BCUT2D eigenvalue weighted by Gasteiger charge is -2.06. The molecule has 0 bridgehead atoms. The zero-order valence-corrected chi connectivity index (χ0v) is 9.49. The van der Waals surface area contributed by atoms with Crippen LogP contribution in [0.3, 0.4) is 0 Å². The fraction of sp³-hybridized carbons (Fsp3) is 0.300. The molecule has 0 aliphatic rings. The van der Waals surface area contributed by atoms with Crippen molar-refractivity contribution >= 4 is 29.2 Å². The number of rotatable bonds is 4. The van der Waals surface area contributed by atoms with Gasteiger partial charge in [-0.1, -0.05) is 6.07 Å². The Hall–Kier alpha value is -1.62. The first-order valence-electron chi connectivity index (χ1n) is 4.72. The minimum absolute atomic E-state index is 0.119. The van der Waals surface area contributed by atoms with Crippen LogP contribution in [0.15, 0.2) is 24.4 Å². The van der Waals surface area contributed by atoms with Crippen LogP contribution < -0.4 is 10.6 Å². The predicted molar refractivity (Wildman–Crippen MR) is 61.2 cm³/mol. The van der Waals surface area contributed by atoms with Crippen molar-refractivity contribution < 1.29 is 9.59 Å². The molecule has 0 aromatic carbocycles. The SMILES string of the molecule is CC(Cl)C(=O)NCC(=O)Nc1ccccn1. The number of hydrogen-bond acceptors (Lipinski definition) is 3. The van der Waals surface area contributed by atoms with Crippen LogP contribution in [0.1, 0.15) is 6.92 Å². The molecule has 0 fully saturated rings. The highest BCUT2D eigenvalue weighted by Gasteiger charge is 2.10. The third-order valence-corrected chi connectivity index (χ3v) is 1.92. The Balaban J connectivity index is 2.35. The van der Waals surface area contributed by atoms with E-state index in [0.717, 1.165) is 0 Å². The molecule has 1 heterocycles. The van der Waals surface area contributed by atoms with Gasteiger partial charge < -0.3 is 10.6 Å². The summed E-state index contributed by atoms with van der Waals surface area (Å²) in [6.07, 6.45) is 1.56. The Labute approximate surface area is 98.2 Å². The van der Waals surface area contributed by atoms with Crippen LogP contribution >= 0.6 is 11.6 Å². The molecule has 1 aromatic heterocycles. The molecule has 1 atom stereocenters. The van der Waals surface area contributed by atoms with Gasteiger partial charge in [0.25, 0.3) is 0 Å². The molecule has 1 aromatic rings. The molecule has 16 heavy (non-hydrogen) atoms. The average molecular weight is 242 g/mol. The number of hydrogen-bond donors (Lipinski definition) is 2. The van der Waals surface area contributed by atoms with Crippen LogP contribution in [0.25, 0.3) is 0 Å². The van der Waals surface area contributed by atoms with Crippen molar-refractivity contribution in [1.82, 2.24) is 10.3 Å². The Morgan fingerprint density at radius 1 is 1.50 bits per heavy atom. The summed E-state index contributed by atoms with van der Waals surface area (Å²) >= 11 is 5.52. The molecular formula is C10H12ClN3O2. The van der Waals surface area contributed by atoms with E-state index in [1.807, 2.05) is 0 Å². The molecule has 0 aliphatic carbocycles. The minimum Gasteiger partial charge on any atom is -0.346 e. The zero-order valence-electron chi connectivity index (χ0n) is 8.74. The molecule has 0 aliphatic heterocycles. The van der Waals surface area contributed by atoms with Crippen LogP contribution in [-0.4, -0.2) is 28.7 Å². The van der Waals surface area contributed by atoms with Crippen molar-refractivity contribution in [3.05, 3.63) is 24.4 Å². The molecule has 2 N–H and O–H groups in total. The summed E-state index contributed by atoms with van der Waals surface area (Å²) < 4.78 is 0. The first-order chi connectivity index (χ1) is 7.59. The Bertz CT molecular complexity index is 368. The van der Waals surface area contributed by atoms with E-state index in [9.17, 15) is 9.59 Å². The smallest absolute Gasteiger partial charge is 0.244 e. The largest absolute Gasteiger partial charge is 0.346 e. The van der Waals surface area contributed by atoms with Crippen LogP contribution in [0.4, 0.5) is 5.82 Å². The molecule has 6 heteroatoms. The number of carbonyl (C=O) groups excluding carboxylic acids is 2. The van der Waals surface area contributed by atoms with Gasteiger partial charge in [0.2, 0.25) is 11.8 Å². The highest BCUT2D eigenvalue weighted by Crippen LogP contribution is 1.98. The number of anilines is 1. The Morgan fingerprint density at radius 3 is 2.81 bits per heavy atom. The number of amides is 2. The molecule has 2 amide bonds. The van der Waals surface area contributed by atoms with E-state index in [1.54, 1.807) is 24.4 Å². The van der Waals surface area contributed by atoms with Crippen molar-refractivity contribution in [3.8, 4) is 0 Å². The Kier molecular flexibility index (Phi) is 4.72. The second kappa shape index (κ2) is 6.07. The first kappa shape index (κ1) is 12.4. The van der Waals surface area contributed by atoms with Gasteiger partial charge in [0.05, 0.1) is 6.54 Å². The van der Waals surface area contributed by atoms with Crippen molar-refractivity contribution in [2.24, 2.45) is 0 Å². The molecule has 86 valence electrons. The van der Waals surface area contributed by atoms with Gasteiger partial charge in [0.15, 0.2) is 0 Å². The fourth-order valence-electron chi connectivity index (χ4n) is 0.932. The number of nitrogens with one attached hydrogen (secondary N) is 2. The normalized spacial score (nSPS) is 11.6. The summed E-state index contributed by atoms with van der Waals surface area (Å²) in [7, 11) is 0.